The lowest BCUT2D eigenvalue weighted by Crippen LogP contribution is -2.76. The molecule has 1 saturated carbocycles. The minimum absolute atomic E-state index is 0.0263. The average molecular weight is 686 g/mol. The van der Waals surface area contributed by atoms with Crippen LogP contribution in [-0.4, -0.2) is 73.7 Å². The van der Waals surface area contributed by atoms with E-state index in [2.05, 4.69) is 23.2 Å². The van der Waals surface area contributed by atoms with Crippen LogP contribution in [0.25, 0.3) is 22.4 Å². The zero-order valence-electron chi connectivity index (χ0n) is 27.9. The summed E-state index contributed by atoms with van der Waals surface area (Å²) in [5.41, 5.74) is 3.92. The van der Waals surface area contributed by atoms with Crippen molar-refractivity contribution >= 4 is 21.7 Å². The second-order valence-corrected chi connectivity index (χ2v) is 14.9. The number of likely N-dealkylation sites (N-methyl/N-ethyl adjacent to an activating group) is 1. The lowest BCUT2D eigenvalue weighted by atomic mass is 9.49. The maximum atomic E-state index is 12.7. The molecule has 2 aliphatic heterocycles. The molecule has 4 aromatic rings. The summed E-state index contributed by atoms with van der Waals surface area (Å²) >= 11 is 0. The Morgan fingerprint density at radius 2 is 1.82 bits per heavy atom. The summed E-state index contributed by atoms with van der Waals surface area (Å²) in [4.78, 5) is 26.3. The van der Waals surface area contributed by atoms with Gasteiger partial charge in [-0.25, -0.2) is 13.1 Å². The van der Waals surface area contributed by atoms with E-state index in [1.807, 2.05) is 41.1 Å². The van der Waals surface area contributed by atoms with Gasteiger partial charge in [0.2, 0.25) is 5.91 Å². The molecule has 4 atom stereocenters. The van der Waals surface area contributed by atoms with Crippen molar-refractivity contribution in [2.45, 2.75) is 74.0 Å². The van der Waals surface area contributed by atoms with Gasteiger partial charge in [-0.05, 0) is 69.1 Å². The van der Waals surface area contributed by atoms with E-state index in [0.29, 0.717) is 35.8 Å². The highest BCUT2D eigenvalue weighted by atomic mass is 32.2. The third-order valence-electron chi connectivity index (χ3n) is 10.7. The van der Waals surface area contributed by atoms with Crippen LogP contribution in [0.2, 0.25) is 0 Å². The van der Waals surface area contributed by atoms with Crippen molar-refractivity contribution in [1.29, 1.82) is 0 Å². The third kappa shape index (κ3) is 5.07. The van der Waals surface area contributed by atoms with Crippen molar-refractivity contribution in [3.63, 3.8) is 0 Å². The summed E-state index contributed by atoms with van der Waals surface area (Å²) in [6, 6.07) is 19.9. The molecule has 1 spiro atoms. The van der Waals surface area contributed by atoms with Gasteiger partial charge in [-0.3, -0.25) is 9.59 Å². The van der Waals surface area contributed by atoms with E-state index in [4.69, 9.17) is 14.0 Å². The monoisotopic (exact) mass is 685 g/mol. The third-order valence-corrected chi connectivity index (χ3v) is 12.1. The number of carbonyl (C=O) groups is 2. The minimum atomic E-state index is -3.87. The fourth-order valence-electron chi connectivity index (χ4n) is 8.27. The Bertz CT molecular complexity index is 2050. The number of benzene rings is 3. The maximum Gasteiger partial charge on any atom is 0.264 e. The van der Waals surface area contributed by atoms with Crippen molar-refractivity contribution in [2.24, 2.45) is 0 Å². The summed E-state index contributed by atoms with van der Waals surface area (Å²) in [5.74, 6) is 1.56. The molecule has 0 unspecified atom stereocenters. The summed E-state index contributed by atoms with van der Waals surface area (Å²) in [5, 5.41) is 15.9. The van der Waals surface area contributed by atoms with Crippen molar-refractivity contribution in [1.82, 2.24) is 14.8 Å². The second-order valence-electron chi connectivity index (χ2n) is 13.2. The number of nitrogens with zero attached hydrogens (tertiary/aromatic N) is 2. The molecule has 12 heteroatoms. The summed E-state index contributed by atoms with van der Waals surface area (Å²) in [6.45, 7) is 4.27. The zero-order valence-corrected chi connectivity index (χ0v) is 28.7. The number of rotatable bonds is 6. The largest absolute Gasteiger partial charge is 0.493 e. The first-order chi connectivity index (χ1) is 23.4. The first-order valence-electron chi connectivity index (χ1n) is 16.4. The van der Waals surface area contributed by atoms with Crippen LogP contribution in [0.1, 0.15) is 49.5 Å². The number of nitrogens with one attached hydrogen (secondary N) is 1. The van der Waals surface area contributed by atoms with Gasteiger partial charge in [0.25, 0.3) is 10.0 Å². The van der Waals surface area contributed by atoms with Gasteiger partial charge in [0.15, 0.2) is 23.4 Å². The van der Waals surface area contributed by atoms with Gasteiger partial charge in [-0.15, -0.1) is 0 Å². The number of Topliss-reactive ketones (excluding diaryl/α,β-unsaturated/α-hetero) is 1. The number of amides is 1. The van der Waals surface area contributed by atoms with Crippen LogP contribution in [-0.2, 0) is 31.4 Å². The molecule has 3 heterocycles. The Morgan fingerprint density at radius 1 is 1.08 bits per heavy atom. The molecule has 1 aromatic heterocycles. The van der Waals surface area contributed by atoms with Crippen LogP contribution >= 0.6 is 0 Å². The van der Waals surface area contributed by atoms with E-state index >= 15 is 0 Å². The Labute approximate surface area is 285 Å². The van der Waals surface area contributed by atoms with Gasteiger partial charge in [0.1, 0.15) is 11.5 Å². The predicted octanol–water partition coefficient (Wildman–Crippen LogP) is 4.58. The molecular formula is C37H39N3O8S. The van der Waals surface area contributed by atoms with E-state index in [1.54, 1.807) is 33.1 Å². The Balaban J connectivity index is 0.000000155. The SMILES string of the molecule is CCC(=O)NS(=O)(=O)c1ccc(-c2c(-c3ccccc3)noc2C)cc1.COc1ccc2c3c1O[C@H]1C(=O)CC[C@@]4(O)[C@@H](C2)N(C)CC[C@]314. The number of aromatic nitrogens is 1. The van der Waals surface area contributed by atoms with E-state index < -0.39 is 33.1 Å². The number of aryl methyl sites for hydroxylation is 1. The second kappa shape index (κ2) is 12.1. The Morgan fingerprint density at radius 3 is 2.51 bits per heavy atom. The maximum absolute atomic E-state index is 12.7. The van der Waals surface area contributed by atoms with Gasteiger partial charge in [0, 0.05) is 30.0 Å². The van der Waals surface area contributed by atoms with Gasteiger partial charge >= 0.3 is 0 Å². The molecule has 1 saturated heterocycles. The Hall–Kier alpha value is -4.52. The highest BCUT2D eigenvalue weighted by Crippen LogP contribution is 2.64. The predicted molar refractivity (Wildman–Crippen MR) is 181 cm³/mol. The molecule has 1 amide bonds. The molecule has 11 nitrogen and oxygen atoms in total. The van der Waals surface area contributed by atoms with Crippen LogP contribution in [0.15, 0.2) is 76.1 Å². The molecule has 256 valence electrons. The number of ether oxygens (including phenoxy) is 2. The normalized spacial score (nSPS) is 25.0. The molecule has 2 aliphatic carbocycles. The van der Waals surface area contributed by atoms with E-state index in [0.717, 1.165) is 41.6 Å². The molecule has 4 aliphatic rings. The number of sulfonamides is 1. The summed E-state index contributed by atoms with van der Waals surface area (Å²) in [7, 11) is -0.172. The standard InChI is InChI=1S/C19H18N2O4S.C18H21NO4/c1-3-17(22)21-26(23,24)16-11-9-14(10-12-16)18-13(2)25-20-19(18)15-7-5-4-6-8-15;1-19-8-7-17-14-10-3-4-12(22-2)15(14)23-16(17)11(20)5-6-18(17,21)13(19)9-10/h4-12H,3H2,1-2H3,(H,21,22);3-4,13,16,21H,5-9H2,1-2H3/t;13-,16+,17+,18-/m.1/s1. The van der Waals surface area contributed by atoms with Gasteiger partial charge < -0.3 is 24.0 Å². The molecule has 2 N–H and O–H groups in total. The van der Waals surface area contributed by atoms with E-state index in [-0.39, 0.29) is 23.1 Å². The number of ketones is 1. The summed E-state index contributed by atoms with van der Waals surface area (Å²) < 4.78 is 43.4. The molecule has 3 aromatic carbocycles. The van der Waals surface area contributed by atoms with Crippen molar-refractivity contribution in [3.05, 3.63) is 83.6 Å². The van der Waals surface area contributed by atoms with Crippen LogP contribution in [0.5, 0.6) is 11.5 Å². The van der Waals surface area contributed by atoms with Crippen molar-refractivity contribution < 1.29 is 37.1 Å². The van der Waals surface area contributed by atoms with Crippen molar-refractivity contribution in [2.75, 3.05) is 20.7 Å². The number of aliphatic hydroxyl groups is 1. The van der Waals surface area contributed by atoms with Crippen LogP contribution in [0.4, 0.5) is 0 Å². The van der Waals surface area contributed by atoms with Crippen LogP contribution < -0.4 is 14.2 Å². The molecule has 49 heavy (non-hydrogen) atoms. The quantitative estimate of drug-likeness (QED) is 0.296. The van der Waals surface area contributed by atoms with Crippen molar-refractivity contribution in [3.8, 4) is 33.9 Å². The molecule has 2 bridgehead atoms. The highest BCUT2D eigenvalue weighted by molar-refractivity contribution is 7.90. The zero-order chi connectivity index (χ0) is 34.7. The Kier molecular flexibility index (Phi) is 8.16. The fourth-order valence-corrected chi connectivity index (χ4v) is 9.33. The summed E-state index contributed by atoms with van der Waals surface area (Å²) in [6.07, 6.45) is 1.99. The van der Waals surface area contributed by atoms with Crippen LogP contribution in [0, 0.1) is 6.92 Å². The number of hydrogen-bond acceptors (Lipinski definition) is 10. The minimum Gasteiger partial charge on any atom is -0.493 e. The van der Waals surface area contributed by atoms with Crippen LogP contribution in [0.3, 0.4) is 0 Å². The van der Waals surface area contributed by atoms with E-state index in [9.17, 15) is 23.1 Å². The molecular weight excluding hydrogens is 646 g/mol. The number of piperidine rings is 1. The van der Waals surface area contributed by atoms with Gasteiger partial charge in [-0.2, -0.15) is 0 Å². The lowest BCUT2D eigenvalue weighted by molar-refractivity contribution is -0.185. The smallest absolute Gasteiger partial charge is 0.264 e. The fraction of sp³-hybridized carbons (Fsp3) is 0.378. The number of likely N-dealkylation sites (tertiary alicyclic amines) is 1. The van der Waals surface area contributed by atoms with E-state index in [1.165, 1.54) is 17.7 Å². The molecule has 0 radical (unpaired) electrons. The lowest BCUT2D eigenvalue weighted by Gasteiger charge is -2.62. The number of methoxy groups -OCH3 is 1. The first kappa shape index (κ1) is 33.0. The number of hydrogen-bond donors (Lipinski definition) is 2. The molecule has 8 rings (SSSR count). The topological polar surface area (TPSA) is 148 Å². The van der Waals surface area contributed by atoms with Gasteiger partial charge in [0.05, 0.1) is 28.6 Å². The number of carbonyl (C=O) groups excluding carboxylic acids is 2. The van der Waals surface area contributed by atoms with Gasteiger partial charge in [-0.1, -0.05) is 60.6 Å². The molecule has 2 fully saturated rings. The average Bonchev–Trinajstić information content (AvgIpc) is 3.67. The first-order valence-corrected chi connectivity index (χ1v) is 17.9. The highest BCUT2D eigenvalue weighted by Gasteiger charge is 2.72.